The van der Waals surface area contributed by atoms with Gasteiger partial charge in [0.25, 0.3) is 5.91 Å². The lowest BCUT2D eigenvalue weighted by Crippen LogP contribution is -2.50. The van der Waals surface area contributed by atoms with Crippen LogP contribution in [0.3, 0.4) is 0 Å². The predicted octanol–water partition coefficient (Wildman–Crippen LogP) is 3.20. The number of nitrogens with zero attached hydrogens (tertiary/aromatic N) is 3. The number of ether oxygens (including phenoxy) is 1. The van der Waals surface area contributed by atoms with Crippen molar-refractivity contribution in [3.8, 4) is 0 Å². The molecule has 3 aromatic rings. The molecule has 2 heterocycles. The second kappa shape index (κ2) is 9.32. The summed E-state index contributed by atoms with van der Waals surface area (Å²) in [7, 11) is 1.34. The van der Waals surface area contributed by atoms with Crippen LogP contribution in [0.25, 0.3) is 5.70 Å². The fourth-order valence-corrected chi connectivity index (χ4v) is 4.92. The number of nitrogens with one attached hydrogen (secondary N) is 1. The summed E-state index contributed by atoms with van der Waals surface area (Å²) >= 11 is 7.67. The molecule has 5 rings (SSSR count). The van der Waals surface area contributed by atoms with Crippen LogP contribution in [0.15, 0.2) is 82.9 Å². The number of hydrogen-bond acceptors (Lipinski definition) is 7. The smallest absolute Gasteiger partial charge is 0.337 e. The molecule has 0 radical (unpaired) electrons. The molecule has 1 amide bonds. The second-order valence-corrected chi connectivity index (χ2v) is 8.94. The van der Waals surface area contributed by atoms with Gasteiger partial charge in [0.1, 0.15) is 5.70 Å². The molecule has 9 heteroatoms. The fourth-order valence-electron chi connectivity index (χ4n) is 3.78. The SMILES string of the molecule is COC(=O)c1ccc([C@@H]2N=c3ccccc3=C3C(=O)NC(SCc4ccccc4Cl)=NN32)cc1. The number of fused-ring (bicyclic) bond motifs is 2. The van der Waals surface area contributed by atoms with Crippen LogP contribution in [0.4, 0.5) is 0 Å². The van der Waals surface area contributed by atoms with Crippen LogP contribution in [0.1, 0.15) is 27.7 Å². The van der Waals surface area contributed by atoms with Gasteiger partial charge in [-0.1, -0.05) is 71.9 Å². The molecule has 0 aromatic heterocycles. The molecule has 170 valence electrons. The van der Waals surface area contributed by atoms with E-state index in [1.807, 2.05) is 48.5 Å². The Morgan fingerprint density at radius 1 is 1.09 bits per heavy atom. The van der Waals surface area contributed by atoms with E-state index in [0.717, 1.165) is 11.1 Å². The first-order valence-electron chi connectivity index (χ1n) is 10.5. The number of halogens is 1. The summed E-state index contributed by atoms with van der Waals surface area (Å²) in [6, 6.07) is 22.0. The largest absolute Gasteiger partial charge is 0.465 e. The maximum atomic E-state index is 13.2. The monoisotopic (exact) mass is 490 g/mol. The van der Waals surface area contributed by atoms with Gasteiger partial charge in [-0.05, 0) is 35.4 Å². The molecule has 0 saturated carbocycles. The number of carbonyl (C=O) groups is 2. The van der Waals surface area contributed by atoms with Crippen LogP contribution in [0, 0.1) is 0 Å². The molecule has 2 aliphatic heterocycles. The molecule has 7 nitrogen and oxygen atoms in total. The number of esters is 1. The summed E-state index contributed by atoms with van der Waals surface area (Å²) in [5.41, 5.74) is 2.59. The van der Waals surface area contributed by atoms with Gasteiger partial charge < -0.3 is 4.74 Å². The van der Waals surface area contributed by atoms with Crippen LogP contribution in [0.2, 0.25) is 5.02 Å². The second-order valence-electron chi connectivity index (χ2n) is 7.57. The van der Waals surface area contributed by atoms with Crippen LogP contribution < -0.4 is 15.9 Å². The summed E-state index contributed by atoms with van der Waals surface area (Å²) in [6.45, 7) is 0. The lowest BCUT2D eigenvalue weighted by atomic mass is 10.1. The number of rotatable bonds is 4. The molecule has 34 heavy (non-hydrogen) atoms. The number of para-hydroxylation sites is 1. The van der Waals surface area contributed by atoms with Crippen molar-refractivity contribution in [1.82, 2.24) is 10.3 Å². The maximum absolute atomic E-state index is 13.2. The Kier molecular flexibility index (Phi) is 6.08. The number of carbonyl (C=O) groups excluding carboxylic acids is 2. The van der Waals surface area contributed by atoms with Crippen molar-refractivity contribution < 1.29 is 14.3 Å². The quantitative estimate of drug-likeness (QED) is 0.568. The number of amides is 1. The lowest BCUT2D eigenvalue weighted by molar-refractivity contribution is -0.116. The number of methoxy groups -OCH3 is 1. The third-order valence-electron chi connectivity index (χ3n) is 5.47. The highest BCUT2D eigenvalue weighted by Crippen LogP contribution is 2.31. The molecule has 0 fully saturated rings. The van der Waals surface area contributed by atoms with Crippen molar-refractivity contribution >= 4 is 46.1 Å². The summed E-state index contributed by atoms with van der Waals surface area (Å²) in [5, 5.41) is 11.8. The maximum Gasteiger partial charge on any atom is 0.337 e. The van der Waals surface area contributed by atoms with E-state index >= 15 is 0 Å². The van der Waals surface area contributed by atoms with Crippen molar-refractivity contribution in [2.24, 2.45) is 10.1 Å². The molecule has 3 aromatic carbocycles. The van der Waals surface area contributed by atoms with Crippen LogP contribution >= 0.6 is 23.4 Å². The molecule has 0 bridgehead atoms. The van der Waals surface area contributed by atoms with Crippen molar-refractivity contribution in [1.29, 1.82) is 0 Å². The Morgan fingerprint density at radius 2 is 1.82 bits per heavy atom. The van der Waals surface area contributed by atoms with Gasteiger partial charge in [0.05, 0.1) is 18.0 Å². The Hall–Kier alpha value is -3.62. The average Bonchev–Trinajstić information content (AvgIpc) is 2.87. The molecular formula is C25H19ClN4O3S. The lowest BCUT2D eigenvalue weighted by Gasteiger charge is -2.34. The third kappa shape index (κ3) is 4.18. The molecule has 0 aliphatic carbocycles. The molecule has 0 saturated heterocycles. The average molecular weight is 491 g/mol. The Bertz CT molecular complexity index is 1440. The topological polar surface area (TPSA) is 83.4 Å². The van der Waals surface area contributed by atoms with Gasteiger partial charge in [-0.15, -0.1) is 5.10 Å². The minimum absolute atomic E-state index is 0.254. The van der Waals surface area contributed by atoms with Crippen LogP contribution in [-0.4, -0.2) is 29.2 Å². The van der Waals surface area contributed by atoms with Crippen molar-refractivity contribution in [2.75, 3.05) is 7.11 Å². The number of hydrazone groups is 1. The van der Waals surface area contributed by atoms with Gasteiger partial charge in [0.15, 0.2) is 11.3 Å². The van der Waals surface area contributed by atoms with Crippen LogP contribution in [0.5, 0.6) is 0 Å². The molecule has 1 N–H and O–H groups in total. The van der Waals surface area contributed by atoms with E-state index in [0.29, 0.717) is 37.8 Å². The number of amidine groups is 1. The summed E-state index contributed by atoms with van der Waals surface area (Å²) in [4.78, 5) is 29.9. The van der Waals surface area contributed by atoms with E-state index < -0.39 is 12.1 Å². The van der Waals surface area contributed by atoms with E-state index in [1.165, 1.54) is 18.9 Å². The standard InChI is InChI=1S/C25H19ClN4O3S/c1-33-24(32)16-12-10-15(11-13-16)22-27-20-9-5-3-7-18(20)21-23(31)28-25(29-30(21)22)34-14-17-6-2-4-8-19(17)26/h2-13,22H,14H2,1H3,(H,28,29,31)/t22-/m1/s1. The minimum Gasteiger partial charge on any atom is -0.465 e. The van der Waals surface area contributed by atoms with Gasteiger partial charge in [-0.2, -0.15) is 0 Å². The van der Waals surface area contributed by atoms with E-state index in [-0.39, 0.29) is 5.91 Å². The molecule has 0 spiro atoms. The summed E-state index contributed by atoms with van der Waals surface area (Å²) in [5.74, 6) is -0.123. The highest BCUT2D eigenvalue weighted by molar-refractivity contribution is 8.13. The Balaban J connectivity index is 1.54. The molecule has 2 aliphatic rings. The van der Waals surface area contributed by atoms with E-state index in [1.54, 1.807) is 29.3 Å². The first-order chi connectivity index (χ1) is 16.5. The highest BCUT2D eigenvalue weighted by Gasteiger charge is 2.34. The van der Waals surface area contributed by atoms with E-state index in [4.69, 9.17) is 26.4 Å². The summed E-state index contributed by atoms with van der Waals surface area (Å²) < 4.78 is 4.79. The summed E-state index contributed by atoms with van der Waals surface area (Å²) in [6.07, 6.45) is -0.571. The van der Waals surface area contributed by atoms with Crippen molar-refractivity contribution in [3.63, 3.8) is 0 Å². The number of thioether (sulfide) groups is 1. The molecule has 1 atom stereocenters. The van der Waals surface area contributed by atoms with Crippen molar-refractivity contribution in [2.45, 2.75) is 11.9 Å². The normalized spacial score (nSPS) is 16.6. The Labute approximate surface area is 204 Å². The fraction of sp³-hybridized carbons (Fsp3) is 0.120. The zero-order chi connectivity index (χ0) is 23.7. The van der Waals surface area contributed by atoms with Gasteiger partial charge in [-0.3, -0.25) is 15.1 Å². The molecular weight excluding hydrogens is 472 g/mol. The molecule has 0 unspecified atom stereocenters. The first-order valence-corrected chi connectivity index (χ1v) is 11.8. The van der Waals surface area contributed by atoms with E-state index in [2.05, 4.69) is 5.32 Å². The van der Waals surface area contributed by atoms with Gasteiger partial charge in [-0.25, -0.2) is 9.80 Å². The number of benzene rings is 3. The van der Waals surface area contributed by atoms with Crippen molar-refractivity contribution in [3.05, 3.63) is 105 Å². The highest BCUT2D eigenvalue weighted by atomic mass is 35.5. The van der Waals surface area contributed by atoms with Gasteiger partial charge in [0, 0.05) is 16.0 Å². The van der Waals surface area contributed by atoms with E-state index in [9.17, 15) is 9.59 Å². The predicted molar refractivity (Wildman–Crippen MR) is 131 cm³/mol. The van der Waals surface area contributed by atoms with Gasteiger partial charge in [0.2, 0.25) is 0 Å². The third-order valence-corrected chi connectivity index (χ3v) is 6.75. The zero-order valence-electron chi connectivity index (χ0n) is 18.1. The Morgan fingerprint density at radius 3 is 2.59 bits per heavy atom. The van der Waals surface area contributed by atoms with Gasteiger partial charge >= 0.3 is 5.97 Å². The first kappa shape index (κ1) is 22.2. The van der Waals surface area contributed by atoms with Crippen LogP contribution in [-0.2, 0) is 15.3 Å². The minimum atomic E-state index is -0.571. The zero-order valence-corrected chi connectivity index (χ0v) is 19.6. The number of hydrogen-bond donors (Lipinski definition) is 1.